The molecule has 1 fully saturated rings. The van der Waals surface area contributed by atoms with Gasteiger partial charge in [-0.2, -0.15) is 0 Å². The summed E-state index contributed by atoms with van der Waals surface area (Å²) in [6, 6.07) is 19.8. The summed E-state index contributed by atoms with van der Waals surface area (Å²) in [5.41, 5.74) is 5.48. The van der Waals surface area contributed by atoms with E-state index in [0.29, 0.717) is 36.8 Å². The highest BCUT2D eigenvalue weighted by Gasteiger charge is 2.30. The molecule has 0 spiro atoms. The van der Waals surface area contributed by atoms with Gasteiger partial charge in [-0.3, -0.25) is 9.69 Å². The fraction of sp³-hybridized carbons (Fsp3) is 0.345. The molecule has 0 radical (unpaired) electrons. The second-order valence-electron chi connectivity index (χ2n) is 8.87. The van der Waals surface area contributed by atoms with Crippen molar-refractivity contribution in [3.05, 3.63) is 77.4 Å². The number of ether oxygens (including phenoxy) is 3. The zero-order chi connectivity index (χ0) is 24.8. The van der Waals surface area contributed by atoms with Crippen LogP contribution in [0.25, 0.3) is 11.1 Å². The second kappa shape index (κ2) is 11.3. The lowest BCUT2D eigenvalue weighted by Gasteiger charge is -2.33. The second-order valence-corrected chi connectivity index (χ2v) is 8.87. The van der Waals surface area contributed by atoms with Crippen molar-refractivity contribution >= 4 is 5.97 Å². The SMILES string of the molecule is COc1cc(OCc2cccc(-c3ccccc3)c2C)cc(OC)c1CN1CCCC[C@@H]1C(=O)O. The third-order valence-corrected chi connectivity index (χ3v) is 6.77. The Morgan fingerprint density at radius 3 is 2.37 bits per heavy atom. The van der Waals surface area contributed by atoms with E-state index in [2.05, 4.69) is 37.3 Å². The van der Waals surface area contributed by atoms with Gasteiger partial charge in [-0.1, -0.05) is 55.0 Å². The molecule has 184 valence electrons. The molecule has 1 saturated heterocycles. The maximum Gasteiger partial charge on any atom is 0.320 e. The lowest BCUT2D eigenvalue weighted by atomic mass is 9.97. The first-order valence-corrected chi connectivity index (χ1v) is 12.0. The summed E-state index contributed by atoms with van der Waals surface area (Å²) in [5.74, 6) is 1.11. The molecule has 0 amide bonds. The number of benzene rings is 3. The third-order valence-electron chi connectivity index (χ3n) is 6.77. The normalized spacial score (nSPS) is 16.0. The van der Waals surface area contributed by atoms with Crippen molar-refractivity contribution in [2.75, 3.05) is 20.8 Å². The molecule has 6 heteroatoms. The van der Waals surface area contributed by atoms with E-state index in [9.17, 15) is 9.90 Å². The average Bonchev–Trinajstić information content (AvgIpc) is 2.89. The molecule has 0 bridgehead atoms. The number of carboxylic acids is 1. The van der Waals surface area contributed by atoms with Gasteiger partial charge < -0.3 is 19.3 Å². The average molecular weight is 476 g/mol. The number of carbonyl (C=O) groups is 1. The molecule has 0 unspecified atom stereocenters. The van der Waals surface area contributed by atoms with Crippen LogP contribution in [-0.2, 0) is 17.9 Å². The number of hydrogen-bond acceptors (Lipinski definition) is 5. The number of likely N-dealkylation sites (tertiary alicyclic amines) is 1. The number of hydrogen-bond donors (Lipinski definition) is 1. The maximum atomic E-state index is 11.8. The minimum absolute atomic E-state index is 0.408. The van der Waals surface area contributed by atoms with Crippen LogP contribution in [0.1, 0.15) is 36.0 Å². The Morgan fingerprint density at radius 1 is 1.00 bits per heavy atom. The van der Waals surface area contributed by atoms with E-state index in [1.54, 1.807) is 14.2 Å². The van der Waals surface area contributed by atoms with Crippen LogP contribution < -0.4 is 14.2 Å². The fourth-order valence-electron chi connectivity index (χ4n) is 4.79. The smallest absolute Gasteiger partial charge is 0.320 e. The van der Waals surface area contributed by atoms with Gasteiger partial charge in [0.25, 0.3) is 0 Å². The van der Waals surface area contributed by atoms with Gasteiger partial charge in [0.2, 0.25) is 0 Å². The summed E-state index contributed by atoms with van der Waals surface area (Å²) < 4.78 is 17.6. The highest BCUT2D eigenvalue weighted by molar-refractivity contribution is 5.73. The molecule has 1 atom stereocenters. The van der Waals surface area contributed by atoms with Gasteiger partial charge in [-0.25, -0.2) is 0 Å². The number of aliphatic carboxylic acids is 1. The molecule has 0 aromatic heterocycles. The first-order valence-electron chi connectivity index (χ1n) is 12.0. The monoisotopic (exact) mass is 475 g/mol. The molecule has 0 saturated carbocycles. The number of piperidine rings is 1. The molecule has 4 rings (SSSR count). The molecule has 1 heterocycles. The third kappa shape index (κ3) is 5.60. The van der Waals surface area contributed by atoms with Crippen LogP contribution in [0.2, 0.25) is 0 Å². The Kier molecular flexibility index (Phi) is 7.93. The molecule has 1 N–H and O–H groups in total. The Morgan fingerprint density at radius 2 is 1.71 bits per heavy atom. The van der Waals surface area contributed by atoms with Crippen LogP contribution in [0.15, 0.2) is 60.7 Å². The van der Waals surface area contributed by atoms with Gasteiger partial charge in [-0.15, -0.1) is 0 Å². The molecule has 3 aromatic rings. The predicted molar refractivity (Wildman–Crippen MR) is 136 cm³/mol. The molecule has 1 aliphatic rings. The quantitative estimate of drug-likeness (QED) is 0.428. The van der Waals surface area contributed by atoms with Gasteiger partial charge in [0.15, 0.2) is 0 Å². The van der Waals surface area contributed by atoms with Gasteiger partial charge in [0.05, 0.1) is 19.8 Å². The molecule has 3 aromatic carbocycles. The minimum Gasteiger partial charge on any atom is -0.496 e. The fourth-order valence-corrected chi connectivity index (χ4v) is 4.79. The van der Waals surface area contributed by atoms with Crippen molar-refractivity contribution in [1.29, 1.82) is 0 Å². The molecule has 35 heavy (non-hydrogen) atoms. The molecular weight excluding hydrogens is 442 g/mol. The van der Waals surface area contributed by atoms with Crippen molar-refractivity contribution in [1.82, 2.24) is 4.90 Å². The van der Waals surface area contributed by atoms with Crippen molar-refractivity contribution < 1.29 is 24.1 Å². The first kappa shape index (κ1) is 24.6. The largest absolute Gasteiger partial charge is 0.496 e. The van der Waals surface area contributed by atoms with Crippen molar-refractivity contribution in [2.45, 2.75) is 45.4 Å². The molecule has 0 aliphatic carbocycles. The first-order chi connectivity index (χ1) is 17.0. The van der Waals surface area contributed by atoms with E-state index in [0.717, 1.165) is 30.5 Å². The Labute approximate surface area is 207 Å². The number of methoxy groups -OCH3 is 2. The Balaban J connectivity index is 1.55. The molecule has 1 aliphatic heterocycles. The van der Waals surface area contributed by atoms with E-state index < -0.39 is 12.0 Å². The van der Waals surface area contributed by atoms with Crippen LogP contribution >= 0.6 is 0 Å². The van der Waals surface area contributed by atoms with Gasteiger partial charge in [-0.05, 0) is 48.6 Å². The molecular formula is C29H33NO5. The van der Waals surface area contributed by atoms with Gasteiger partial charge >= 0.3 is 5.97 Å². The summed E-state index contributed by atoms with van der Waals surface area (Å²) in [6.45, 7) is 3.70. The van der Waals surface area contributed by atoms with Crippen molar-refractivity contribution in [3.8, 4) is 28.4 Å². The number of nitrogens with zero attached hydrogens (tertiary/aromatic N) is 1. The van der Waals surface area contributed by atoms with E-state index in [1.807, 2.05) is 35.2 Å². The zero-order valence-corrected chi connectivity index (χ0v) is 20.6. The van der Waals surface area contributed by atoms with Crippen LogP contribution in [0, 0.1) is 6.92 Å². The summed E-state index contributed by atoms with van der Waals surface area (Å²) in [7, 11) is 3.22. The van der Waals surface area contributed by atoms with Crippen LogP contribution in [0.5, 0.6) is 17.2 Å². The minimum atomic E-state index is -0.782. The predicted octanol–water partition coefficient (Wildman–Crippen LogP) is 5.70. The van der Waals surface area contributed by atoms with E-state index in [4.69, 9.17) is 14.2 Å². The van der Waals surface area contributed by atoms with E-state index >= 15 is 0 Å². The summed E-state index contributed by atoms with van der Waals surface area (Å²) in [5, 5.41) is 9.65. The van der Waals surface area contributed by atoms with Crippen molar-refractivity contribution in [3.63, 3.8) is 0 Å². The highest BCUT2D eigenvalue weighted by Crippen LogP contribution is 2.37. The standard InChI is InChI=1S/C29H33NO5/c1-20-22(12-9-13-24(20)21-10-5-4-6-11-21)19-35-23-16-27(33-2)25(28(17-23)34-3)18-30-15-8-7-14-26(30)29(31)32/h4-6,9-13,16-17,26H,7-8,14-15,18-19H2,1-3H3,(H,31,32)/t26-/m1/s1. The van der Waals surface area contributed by atoms with Crippen LogP contribution in [0.4, 0.5) is 0 Å². The van der Waals surface area contributed by atoms with E-state index in [1.165, 1.54) is 16.7 Å². The van der Waals surface area contributed by atoms with Crippen molar-refractivity contribution in [2.24, 2.45) is 0 Å². The highest BCUT2D eigenvalue weighted by atomic mass is 16.5. The summed E-state index contributed by atoms with van der Waals surface area (Å²) in [6.07, 6.45) is 2.57. The topological polar surface area (TPSA) is 68.2 Å². The maximum absolute atomic E-state index is 11.8. The van der Waals surface area contributed by atoms with Gasteiger partial charge in [0, 0.05) is 18.7 Å². The summed E-state index contributed by atoms with van der Waals surface area (Å²) >= 11 is 0. The number of carboxylic acid groups (broad SMARTS) is 1. The Hall–Kier alpha value is -3.51. The van der Waals surface area contributed by atoms with Gasteiger partial charge in [0.1, 0.15) is 29.9 Å². The molecule has 6 nitrogen and oxygen atoms in total. The van der Waals surface area contributed by atoms with Crippen LogP contribution in [-0.4, -0.2) is 42.8 Å². The van der Waals surface area contributed by atoms with Crippen LogP contribution in [0.3, 0.4) is 0 Å². The Bertz CT molecular complexity index is 1140. The lowest BCUT2D eigenvalue weighted by Crippen LogP contribution is -2.44. The number of rotatable bonds is 9. The van der Waals surface area contributed by atoms with E-state index in [-0.39, 0.29) is 0 Å². The summed E-state index contributed by atoms with van der Waals surface area (Å²) in [4.78, 5) is 13.7. The lowest BCUT2D eigenvalue weighted by molar-refractivity contribution is -0.144. The zero-order valence-electron chi connectivity index (χ0n) is 20.6.